The minimum absolute atomic E-state index is 0. The smallest absolute Gasteiger partial charge is 0.227 e. The van der Waals surface area contributed by atoms with Gasteiger partial charge in [0.2, 0.25) is 11.8 Å². The van der Waals surface area contributed by atoms with Gasteiger partial charge in [0.05, 0.1) is 18.7 Å². The highest BCUT2D eigenvalue weighted by Gasteiger charge is 2.39. The lowest BCUT2D eigenvalue weighted by Crippen LogP contribution is -2.49. The maximum Gasteiger partial charge on any atom is 0.227 e. The Hall–Kier alpha value is -1.79. The molecule has 2 N–H and O–H groups in total. The van der Waals surface area contributed by atoms with Crippen molar-refractivity contribution >= 4 is 29.9 Å². The molecule has 0 saturated carbocycles. The highest BCUT2D eigenvalue weighted by atomic mass is 35.5. The van der Waals surface area contributed by atoms with Crippen molar-refractivity contribution in [3.63, 3.8) is 0 Å². The van der Waals surface area contributed by atoms with Gasteiger partial charge in [-0.15, -0.1) is 12.4 Å². The van der Waals surface area contributed by atoms with E-state index in [9.17, 15) is 9.59 Å². The lowest BCUT2D eigenvalue weighted by molar-refractivity contribution is -0.127. The number of amides is 2. The Kier molecular flexibility index (Phi) is 5.96. The summed E-state index contributed by atoms with van der Waals surface area (Å²) in [6.07, 6.45) is 4.68. The van der Waals surface area contributed by atoms with Crippen molar-refractivity contribution in [1.29, 1.82) is 0 Å². The van der Waals surface area contributed by atoms with E-state index in [2.05, 4.69) is 10.6 Å². The number of ether oxygens (including phenoxy) is 1. The molecule has 148 valence electrons. The second-order valence-corrected chi connectivity index (χ2v) is 7.90. The van der Waals surface area contributed by atoms with Crippen LogP contribution in [0.15, 0.2) is 18.2 Å². The minimum atomic E-state index is -0.291. The van der Waals surface area contributed by atoms with Gasteiger partial charge in [-0.3, -0.25) is 9.59 Å². The average molecular weight is 394 g/mol. The molecule has 3 atom stereocenters. The number of methoxy groups -OCH3 is 1. The maximum absolute atomic E-state index is 12.7. The zero-order valence-corrected chi connectivity index (χ0v) is 16.7. The molecule has 2 amide bonds. The minimum Gasteiger partial charge on any atom is -0.495 e. The molecule has 3 saturated heterocycles. The number of nitrogens with one attached hydrogen (secondary N) is 2. The van der Waals surface area contributed by atoms with Gasteiger partial charge in [-0.1, -0.05) is 6.07 Å². The topological polar surface area (TPSA) is 70.7 Å². The first-order chi connectivity index (χ1) is 12.5. The van der Waals surface area contributed by atoms with Crippen molar-refractivity contribution in [2.24, 2.45) is 5.92 Å². The van der Waals surface area contributed by atoms with Crippen molar-refractivity contribution in [3.05, 3.63) is 23.8 Å². The van der Waals surface area contributed by atoms with E-state index in [1.54, 1.807) is 12.0 Å². The summed E-state index contributed by atoms with van der Waals surface area (Å²) in [7, 11) is 1.60. The monoisotopic (exact) mass is 393 g/mol. The number of hydrogen-bond donors (Lipinski definition) is 2. The molecule has 3 unspecified atom stereocenters. The first kappa shape index (κ1) is 20.0. The van der Waals surface area contributed by atoms with Crippen molar-refractivity contribution in [1.82, 2.24) is 10.6 Å². The van der Waals surface area contributed by atoms with Crippen LogP contribution in [0, 0.1) is 12.8 Å². The molecule has 3 heterocycles. The highest BCUT2D eigenvalue weighted by molar-refractivity contribution is 6.01. The molecule has 1 aromatic rings. The van der Waals surface area contributed by atoms with E-state index in [1.807, 2.05) is 25.1 Å². The van der Waals surface area contributed by atoms with Crippen LogP contribution in [0.25, 0.3) is 0 Å². The van der Waals surface area contributed by atoms with Gasteiger partial charge in [0.1, 0.15) is 5.75 Å². The fourth-order valence-corrected chi connectivity index (χ4v) is 4.62. The maximum atomic E-state index is 12.7. The van der Waals surface area contributed by atoms with E-state index in [-0.39, 0.29) is 42.6 Å². The molecular weight excluding hydrogens is 366 g/mol. The molecule has 3 aliphatic rings. The van der Waals surface area contributed by atoms with Gasteiger partial charge in [-0.25, -0.2) is 0 Å². The first-order valence-corrected chi connectivity index (χ1v) is 9.55. The van der Waals surface area contributed by atoms with Gasteiger partial charge in [0.15, 0.2) is 0 Å². The Morgan fingerprint density at radius 1 is 1.26 bits per heavy atom. The molecular formula is C20H28ClN3O3. The zero-order valence-electron chi connectivity index (χ0n) is 15.9. The van der Waals surface area contributed by atoms with Crippen molar-refractivity contribution in [2.45, 2.75) is 57.2 Å². The van der Waals surface area contributed by atoms with Crippen LogP contribution in [0.1, 0.15) is 37.7 Å². The Morgan fingerprint density at radius 2 is 1.96 bits per heavy atom. The van der Waals surface area contributed by atoms with Crippen LogP contribution < -0.4 is 20.3 Å². The van der Waals surface area contributed by atoms with Crippen LogP contribution in [-0.4, -0.2) is 43.6 Å². The van der Waals surface area contributed by atoms with Crippen molar-refractivity contribution in [2.75, 3.05) is 18.6 Å². The molecule has 6 nitrogen and oxygen atoms in total. The number of aryl methyl sites for hydroxylation is 1. The molecule has 0 aromatic heterocycles. The van der Waals surface area contributed by atoms with Crippen molar-refractivity contribution in [3.8, 4) is 5.75 Å². The van der Waals surface area contributed by atoms with E-state index in [0.29, 0.717) is 24.4 Å². The average Bonchev–Trinajstić information content (AvgIpc) is 3.17. The van der Waals surface area contributed by atoms with E-state index in [1.165, 1.54) is 12.8 Å². The molecule has 0 aliphatic carbocycles. The number of rotatable bonds is 4. The van der Waals surface area contributed by atoms with Crippen molar-refractivity contribution < 1.29 is 14.3 Å². The van der Waals surface area contributed by atoms with E-state index in [0.717, 1.165) is 24.1 Å². The third-order valence-electron chi connectivity index (χ3n) is 5.94. The number of benzene rings is 1. The summed E-state index contributed by atoms with van der Waals surface area (Å²) >= 11 is 0. The Balaban J connectivity index is 0.00000210. The Morgan fingerprint density at radius 3 is 2.63 bits per heavy atom. The molecule has 3 fully saturated rings. The van der Waals surface area contributed by atoms with Crippen LogP contribution in [0.5, 0.6) is 5.75 Å². The number of piperidine rings is 1. The lowest BCUT2D eigenvalue weighted by Gasteiger charge is -2.30. The van der Waals surface area contributed by atoms with Gasteiger partial charge in [0.25, 0.3) is 0 Å². The number of halogens is 1. The third kappa shape index (κ3) is 4.06. The number of carbonyl (C=O) groups excluding carboxylic acids is 2. The number of anilines is 1. The largest absolute Gasteiger partial charge is 0.495 e. The van der Waals surface area contributed by atoms with Gasteiger partial charge in [0, 0.05) is 31.1 Å². The second-order valence-electron chi connectivity index (χ2n) is 7.90. The zero-order chi connectivity index (χ0) is 18.3. The molecule has 27 heavy (non-hydrogen) atoms. The highest BCUT2D eigenvalue weighted by Crippen LogP contribution is 2.34. The molecule has 3 aliphatic heterocycles. The lowest BCUT2D eigenvalue weighted by atomic mass is 9.98. The fraction of sp³-hybridized carbons (Fsp3) is 0.600. The summed E-state index contributed by atoms with van der Waals surface area (Å²) < 4.78 is 5.41. The van der Waals surface area contributed by atoms with Gasteiger partial charge < -0.3 is 20.3 Å². The standard InChI is InChI=1S/C20H27N3O3.ClH/c1-12-3-6-18(26-2)17(7-12)23-11-13(8-19(23)24)20(25)22-16-9-14-4-5-15(10-16)21-14;/h3,6-7,13-16,21H,4-5,8-11H2,1-2H3,(H,22,25);1H. The normalized spacial score (nSPS) is 29.4. The summed E-state index contributed by atoms with van der Waals surface area (Å²) in [5.41, 5.74) is 1.82. The van der Waals surface area contributed by atoms with E-state index in [4.69, 9.17) is 4.74 Å². The van der Waals surface area contributed by atoms with Crippen LogP contribution >= 0.6 is 12.4 Å². The third-order valence-corrected chi connectivity index (χ3v) is 5.94. The summed E-state index contributed by atoms with van der Waals surface area (Å²) in [6, 6.07) is 7.09. The summed E-state index contributed by atoms with van der Waals surface area (Å²) in [4.78, 5) is 27.0. The first-order valence-electron chi connectivity index (χ1n) is 9.55. The molecule has 0 spiro atoms. The number of hydrogen-bond acceptors (Lipinski definition) is 4. The predicted octanol–water partition coefficient (Wildman–Crippen LogP) is 2.18. The fourth-order valence-electron chi connectivity index (χ4n) is 4.62. The predicted molar refractivity (Wildman–Crippen MR) is 107 cm³/mol. The molecule has 2 bridgehead atoms. The van der Waals surface area contributed by atoms with Gasteiger partial charge >= 0.3 is 0 Å². The number of nitrogens with zero attached hydrogens (tertiary/aromatic N) is 1. The number of carbonyl (C=O) groups is 2. The van der Waals surface area contributed by atoms with Gasteiger partial charge in [-0.05, 0) is 50.3 Å². The van der Waals surface area contributed by atoms with Gasteiger partial charge in [-0.2, -0.15) is 0 Å². The summed E-state index contributed by atoms with van der Waals surface area (Å²) in [5.74, 6) is 0.374. The molecule has 0 radical (unpaired) electrons. The van der Waals surface area contributed by atoms with Crippen LogP contribution in [0.4, 0.5) is 5.69 Å². The SMILES string of the molecule is COc1ccc(C)cc1N1CC(C(=O)NC2CC3CCC(C2)N3)CC1=O.Cl. The Labute approximate surface area is 166 Å². The quantitative estimate of drug-likeness (QED) is 0.822. The van der Waals surface area contributed by atoms with Crippen LogP contribution in [-0.2, 0) is 9.59 Å². The number of fused-ring (bicyclic) bond motifs is 2. The Bertz CT molecular complexity index is 714. The van der Waals surface area contributed by atoms with E-state index >= 15 is 0 Å². The molecule has 7 heteroatoms. The second kappa shape index (κ2) is 8.07. The van der Waals surface area contributed by atoms with Crippen LogP contribution in [0.2, 0.25) is 0 Å². The van der Waals surface area contributed by atoms with E-state index < -0.39 is 0 Å². The molecule has 4 rings (SSSR count). The summed E-state index contributed by atoms with van der Waals surface area (Å²) in [6.45, 7) is 2.40. The summed E-state index contributed by atoms with van der Waals surface area (Å²) in [5, 5.41) is 6.79. The molecule has 1 aromatic carbocycles. The van der Waals surface area contributed by atoms with Crippen LogP contribution in [0.3, 0.4) is 0 Å².